The summed E-state index contributed by atoms with van der Waals surface area (Å²) in [5.41, 5.74) is 2.17. The zero-order valence-corrected chi connectivity index (χ0v) is 13.1. The number of hydrogen-bond acceptors (Lipinski definition) is 1. The second-order valence-electron chi connectivity index (χ2n) is 7.00. The van der Waals surface area contributed by atoms with E-state index in [-0.39, 0.29) is 0 Å². The molecule has 1 aromatic carbocycles. The third-order valence-corrected chi connectivity index (χ3v) is 4.93. The predicted octanol–water partition coefficient (Wildman–Crippen LogP) is 5.46. The zero-order valence-electron chi connectivity index (χ0n) is 13.1. The normalized spacial score (nSPS) is 24.6. The smallest absolute Gasteiger partial charge is 0.150 e. The molecule has 1 heteroatoms. The maximum Gasteiger partial charge on any atom is 0.150 e. The molecule has 0 aliphatic heterocycles. The number of carbonyl (C=O) groups excluding carboxylic acids is 1. The first kappa shape index (κ1) is 15.3. The predicted molar refractivity (Wildman–Crippen MR) is 85.1 cm³/mol. The van der Waals surface area contributed by atoms with E-state index in [4.69, 9.17) is 0 Å². The minimum atomic E-state index is 0.616. The second kappa shape index (κ2) is 7.06. The van der Waals surface area contributed by atoms with Gasteiger partial charge >= 0.3 is 0 Å². The lowest BCUT2D eigenvalue weighted by Crippen LogP contribution is -2.21. The lowest BCUT2D eigenvalue weighted by molar-refractivity contribution is 0.112. The lowest BCUT2D eigenvalue weighted by Gasteiger charge is -2.34. The van der Waals surface area contributed by atoms with Crippen molar-refractivity contribution in [2.24, 2.45) is 17.8 Å². The molecular weight excluding hydrogens is 244 g/mol. The van der Waals surface area contributed by atoms with E-state index in [2.05, 4.69) is 32.9 Å². The molecular formula is C19H28O. The Morgan fingerprint density at radius 2 is 1.85 bits per heavy atom. The van der Waals surface area contributed by atoms with Gasteiger partial charge in [0.1, 0.15) is 6.29 Å². The van der Waals surface area contributed by atoms with Crippen LogP contribution < -0.4 is 0 Å². The Morgan fingerprint density at radius 3 is 2.45 bits per heavy atom. The van der Waals surface area contributed by atoms with E-state index in [1.54, 1.807) is 0 Å². The van der Waals surface area contributed by atoms with Crippen molar-refractivity contribution < 1.29 is 4.79 Å². The fourth-order valence-corrected chi connectivity index (χ4v) is 3.82. The number of carbonyl (C=O) groups is 1. The van der Waals surface area contributed by atoms with Crippen LogP contribution in [0.15, 0.2) is 24.3 Å². The molecule has 1 aliphatic rings. The van der Waals surface area contributed by atoms with Crippen LogP contribution in [0.25, 0.3) is 0 Å². The molecule has 0 unspecified atom stereocenters. The minimum absolute atomic E-state index is 0.616. The van der Waals surface area contributed by atoms with Gasteiger partial charge in [-0.3, -0.25) is 4.79 Å². The van der Waals surface area contributed by atoms with Crippen molar-refractivity contribution in [1.82, 2.24) is 0 Å². The fraction of sp³-hybridized carbons (Fsp3) is 0.632. The second-order valence-corrected chi connectivity index (χ2v) is 7.00. The van der Waals surface area contributed by atoms with Crippen molar-refractivity contribution in [3.8, 4) is 0 Å². The van der Waals surface area contributed by atoms with E-state index in [0.29, 0.717) is 5.92 Å². The van der Waals surface area contributed by atoms with Crippen molar-refractivity contribution in [3.05, 3.63) is 35.4 Å². The Hall–Kier alpha value is -1.11. The molecule has 0 heterocycles. The van der Waals surface area contributed by atoms with Crippen LogP contribution >= 0.6 is 0 Å². The topological polar surface area (TPSA) is 17.1 Å². The molecule has 1 aromatic rings. The van der Waals surface area contributed by atoms with Gasteiger partial charge in [0.05, 0.1) is 0 Å². The van der Waals surface area contributed by atoms with E-state index in [1.165, 1.54) is 37.7 Å². The van der Waals surface area contributed by atoms with E-state index in [9.17, 15) is 4.79 Å². The van der Waals surface area contributed by atoms with Gasteiger partial charge in [-0.1, -0.05) is 57.9 Å². The van der Waals surface area contributed by atoms with E-state index in [1.807, 2.05) is 12.1 Å². The summed E-state index contributed by atoms with van der Waals surface area (Å²) in [5.74, 6) is 3.17. The molecule has 0 spiro atoms. The number of rotatable bonds is 5. The number of hydrogen-bond donors (Lipinski definition) is 0. The molecule has 1 saturated carbocycles. The third kappa shape index (κ3) is 3.94. The Kier molecular flexibility index (Phi) is 5.39. The Labute approximate surface area is 123 Å². The number of benzene rings is 1. The van der Waals surface area contributed by atoms with Crippen LogP contribution in [0, 0.1) is 17.8 Å². The molecule has 1 nitrogen and oxygen atoms in total. The maximum absolute atomic E-state index is 10.7. The average Bonchev–Trinajstić information content (AvgIpc) is 2.46. The Morgan fingerprint density at radius 1 is 1.15 bits per heavy atom. The van der Waals surface area contributed by atoms with E-state index >= 15 is 0 Å². The first-order valence-corrected chi connectivity index (χ1v) is 8.15. The summed E-state index contributed by atoms with van der Waals surface area (Å²) in [5, 5.41) is 0. The monoisotopic (exact) mass is 272 g/mol. The van der Waals surface area contributed by atoms with Crippen LogP contribution in [0.1, 0.15) is 74.7 Å². The summed E-state index contributed by atoms with van der Waals surface area (Å²) >= 11 is 0. The molecule has 0 N–H and O–H groups in total. The largest absolute Gasteiger partial charge is 0.298 e. The van der Waals surface area contributed by atoms with E-state index in [0.717, 1.165) is 29.6 Å². The highest BCUT2D eigenvalue weighted by molar-refractivity contribution is 5.74. The molecule has 0 saturated heterocycles. The van der Waals surface area contributed by atoms with Crippen molar-refractivity contribution in [2.45, 2.75) is 58.8 Å². The molecule has 20 heavy (non-hydrogen) atoms. The lowest BCUT2D eigenvalue weighted by atomic mass is 9.71. The van der Waals surface area contributed by atoms with Crippen LogP contribution in [0.4, 0.5) is 0 Å². The summed E-state index contributed by atoms with van der Waals surface area (Å²) in [6, 6.07) is 8.18. The van der Waals surface area contributed by atoms with Gasteiger partial charge in [0, 0.05) is 5.56 Å². The van der Waals surface area contributed by atoms with Gasteiger partial charge in [0.25, 0.3) is 0 Å². The maximum atomic E-state index is 10.7. The first-order chi connectivity index (χ1) is 9.60. The van der Waals surface area contributed by atoms with Crippen LogP contribution in [0.3, 0.4) is 0 Å². The fourth-order valence-electron chi connectivity index (χ4n) is 3.82. The molecule has 0 aromatic heterocycles. The summed E-state index contributed by atoms with van der Waals surface area (Å²) < 4.78 is 0. The van der Waals surface area contributed by atoms with Crippen LogP contribution in [0.2, 0.25) is 0 Å². The number of aldehydes is 1. The zero-order chi connectivity index (χ0) is 14.5. The molecule has 1 fully saturated rings. The van der Waals surface area contributed by atoms with Gasteiger partial charge < -0.3 is 0 Å². The molecule has 1 aliphatic carbocycles. The summed E-state index contributed by atoms with van der Waals surface area (Å²) in [7, 11) is 0. The molecule has 0 radical (unpaired) electrons. The highest BCUT2D eigenvalue weighted by Crippen LogP contribution is 2.40. The highest BCUT2D eigenvalue weighted by Gasteiger charge is 2.27. The Bertz CT molecular complexity index is 418. The van der Waals surface area contributed by atoms with Gasteiger partial charge in [-0.15, -0.1) is 0 Å². The molecule has 3 atom stereocenters. The van der Waals surface area contributed by atoms with Gasteiger partial charge in [-0.25, -0.2) is 0 Å². The van der Waals surface area contributed by atoms with Crippen molar-refractivity contribution in [1.29, 1.82) is 0 Å². The van der Waals surface area contributed by atoms with Crippen LogP contribution in [-0.2, 0) is 0 Å². The summed E-state index contributed by atoms with van der Waals surface area (Å²) in [4.78, 5) is 10.7. The van der Waals surface area contributed by atoms with Crippen molar-refractivity contribution in [2.75, 3.05) is 0 Å². The molecule has 110 valence electrons. The first-order valence-electron chi connectivity index (χ1n) is 8.15. The quantitative estimate of drug-likeness (QED) is 0.651. The summed E-state index contributed by atoms with van der Waals surface area (Å²) in [6.45, 7) is 7.04. The highest BCUT2D eigenvalue weighted by atomic mass is 16.1. The standard InChI is InChI=1S/C19H28O/c1-14(2)11-17-5-4-6-19(12-17)15(3)18-9-7-16(13-20)8-10-18/h7-10,13-15,17,19H,4-6,11-12H2,1-3H3/t15-,17+,19-/m0/s1. The SMILES string of the molecule is CC(C)C[C@H]1CCC[C@H]([C@@H](C)c2ccc(C=O)cc2)C1. The van der Waals surface area contributed by atoms with E-state index < -0.39 is 0 Å². The van der Waals surface area contributed by atoms with Crippen LogP contribution in [0.5, 0.6) is 0 Å². The van der Waals surface area contributed by atoms with Crippen molar-refractivity contribution in [3.63, 3.8) is 0 Å². The molecule has 0 amide bonds. The van der Waals surface area contributed by atoms with Gasteiger partial charge in [-0.05, 0) is 48.5 Å². The average molecular weight is 272 g/mol. The summed E-state index contributed by atoms with van der Waals surface area (Å²) in [6.07, 6.45) is 7.87. The van der Waals surface area contributed by atoms with Gasteiger partial charge in [0.2, 0.25) is 0 Å². The third-order valence-electron chi connectivity index (χ3n) is 4.93. The van der Waals surface area contributed by atoms with Gasteiger partial charge in [-0.2, -0.15) is 0 Å². The molecule has 2 rings (SSSR count). The Balaban J connectivity index is 1.99. The van der Waals surface area contributed by atoms with Crippen molar-refractivity contribution >= 4 is 6.29 Å². The minimum Gasteiger partial charge on any atom is -0.298 e. The van der Waals surface area contributed by atoms with Crippen LogP contribution in [-0.4, -0.2) is 6.29 Å². The molecule has 0 bridgehead atoms. The van der Waals surface area contributed by atoms with Gasteiger partial charge in [0.15, 0.2) is 0 Å².